The lowest BCUT2D eigenvalue weighted by Gasteiger charge is -2.27. The maximum absolute atomic E-state index is 11.8. The molecule has 4 nitrogen and oxygen atoms in total. The van der Waals surface area contributed by atoms with Gasteiger partial charge in [0.2, 0.25) is 5.91 Å². The average Bonchev–Trinajstić information content (AvgIpc) is 2.28. The van der Waals surface area contributed by atoms with E-state index >= 15 is 0 Å². The maximum atomic E-state index is 11.8. The summed E-state index contributed by atoms with van der Waals surface area (Å²) in [5.41, 5.74) is 0. The highest BCUT2D eigenvalue weighted by molar-refractivity contribution is 5.78. The monoisotopic (exact) mass is 228 g/mol. The van der Waals surface area contributed by atoms with Gasteiger partial charge in [0.25, 0.3) is 0 Å². The van der Waals surface area contributed by atoms with Crippen LogP contribution in [0.25, 0.3) is 0 Å². The first-order chi connectivity index (χ1) is 7.63. The van der Waals surface area contributed by atoms with Crippen LogP contribution in [-0.2, 0) is 4.79 Å². The van der Waals surface area contributed by atoms with Gasteiger partial charge in [0.05, 0.1) is 6.10 Å². The Hall–Kier alpha value is -0.610. The van der Waals surface area contributed by atoms with Crippen molar-refractivity contribution >= 4 is 5.91 Å². The summed E-state index contributed by atoms with van der Waals surface area (Å²) in [6.45, 7) is 5.57. The predicted molar refractivity (Wildman–Crippen MR) is 64.1 cm³/mol. The van der Waals surface area contributed by atoms with E-state index in [2.05, 4.69) is 17.6 Å². The van der Waals surface area contributed by atoms with E-state index < -0.39 is 0 Å². The summed E-state index contributed by atoms with van der Waals surface area (Å²) in [5.74, 6) is 0.298. The van der Waals surface area contributed by atoms with Gasteiger partial charge in [-0.25, -0.2) is 0 Å². The highest BCUT2D eigenvalue weighted by Gasteiger charge is 2.24. The topological polar surface area (TPSA) is 61.4 Å². The zero-order valence-electron chi connectivity index (χ0n) is 10.3. The molecule has 0 bridgehead atoms. The molecular formula is C12H24N2O2. The van der Waals surface area contributed by atoms with Gasteiger partial charge in [-0.15, -0.1) is 0 Å². The number of piperidine rings is 1. The van der Waals surface area contributed by atoms with Crippen molar-refractivity contribution in [2.75, 3.05) is 13.1 Å². The van der Waals surface area contributed by atoms with Gasteiger partial charge in [0, 0.05) is 18.5 Å². The molecule has 3 N–H and O–H groups in total. The normalized spacial score (nSPS) is 27.4. The third-order valence-electron chi connectivity index (χ3n) is 3.24. The Kier molecular flexibility index (Phi) is 5.77. The third kappa shape index (κ3) is 4.49. The Morgan fingerprint density at radius 2 is 2.38 bits per heavy atom. The number of amides is 1. The van der Waals surface area contributed by atoms with Gasteiger partial charge >= 0.3 is 0 Å². The Morgan fingerprint density at radius 3 is 3.00 bits per heavy atom. The fourth-order valence-corrected chi connectivity index (χ4v) is 2.08. The van der Waals surface area contributed by atoms with Gasteiger partial charge in [0.15, 0.2) is 0 Å². The molecule has 1 aliphatic heterocycles. The molecule has 3 atom stereocenters. The van der Waals surface area contributed by atoms with Gasteiger partial charge in [-0.05, 0) is 39.2 Å². The summed E-state index contributed by atoms with van der Waals surface area (Å²) in [7, 11) is 0. The van der Waals surface area contributed by atoms with Gasteiger partial charge in [0.1, 0.15) is 0 Å². The molecule has 1 saturated heterocycles. The van der Waals surface area contributed by atoms with Crippen molar-refractivity contribution in [1.82, 2.24) is 10.6 Å². The van der Waals surface area contributed by atoms with Crippen molar-refractivity contribution < 1.29 is 9.90 Å². The first kappa shape index (κ1) is 13.5. The molecule has 0 aliphatic carbocycles. The Balaban J connectivity index is 2.19. The van der Waals surface area contributed by atoms with E-state index in [0.29, 0.717) is 19.0 Å². The quantitative estimate of drug-likeness (QED) is 0.647. The summed E-state index contributed by atoms with van der Waals surface area (Å²) in [5, 5.41) is 15.6. The smallest absolute Gasteiger partial charge is 0.223 e. The molecule has 1 amide bonds. The number of aliphatic hydroxyl groups is 1. The molecule has 0 aromatic carbocycles. The van der Waals surface area contributed by atoms with Gasteiger partial charge in [-0.3, -0.25) is 4.79 Å². The lowest BCUT2D eigenvalue weighted by Crippen LogP contribution is -2.42. The largest absolute Gasteiger partial charge is 0.393 e. The molecule has 0 aromatic rings. The van der Waals surface area contributed by atoms with Crippen LogP contribution in [0.5, 0.6) is 0 Å². The van der Waals surface area contributed by atoms with Crippen molar-refractivity contribution in [3.63, 3.8) is 0 Å². The second kappa shape index (κ2) is 6.86. The lowest BCUT2D eigenvalue weighted by molar-refractivity contribution is -0.126. The summed E-state index contributed by atoms with van der Waals surface area (Å²) in [4.78, 5) is 11.8. The number of rotatable bonds is 5. The molecule has 0 spiro atoms. The highest BCUT2D eigenvalue weighted by Crippen LogP contribution is 2.15. The minimum Gasteiger partial charge on any atom is -0.393 e. The van der Waals surface area contributed by atoms with Crippen LogP contribution < -0.4 is 10.6 Å². The van der Waals surface area contributed by atoms with Crippen LogP contribution in [-0.4, -0.2) is 36.2 Å². The molecule has 0 radical (unpaired) electrons. The van der Waals surface area contributed by atoms with Crippen LogP contribution in [0, 0.1) is 5.92 Å². The highest BCUT2D eigenvalue weighted by atomic mass is 16.3. The fraction of sp³-hybridized carbons (Fsp3) is 0.917. The maximum Gasteiger partial charge on any atom is 0.223 e. The van der Waals surface area contributed by atoms with E-state index in [0.717, 1.165) is 25.8 Å². The first-order valence-electron chi connectivity index (χ1n) is 6.32. The van der Waals surface area contributed by atoms with Crippen molar-refractivity contribution in [3.05, 3.63) is 0 Å². The molecule has 0 saturated carbocycles. The number of carbonyl (C=O) groups excluding carboxylic acids is 1. The van der Waals surface area contributed by atoms with Gasteiger partial charge in [-0.2, -0.15) is 0 Å². The van der Waals surface area contributed by atoms with E-state index in [1.165, 1.54) is 0 Å². The number of hydrogen-bond donors (Lipinski definition) is 3. The fourth-order valence-electron chi connectivity index (χ4n) is 2.08. The van der Waals surface area contributed by atoms with Crippen LogP contribution >= 0.6 is 0 Å². The van der Waals surface area contributed by atoms with E-state index in [9.17, 15) is 9.90 Å². The van der Waals surface area contributed by atoms with Gasteiger partial charge < -0.3 is 15.7 Å². The standard InChI is InChI=1S/C12H24N2O2/c1-3-11(15)5-7-14-12(16)10-4-6-13-9(2)8-10/h9-11,13,15H,3-8H2,1-2H3,(H,14,16). The van der Waals surface area contributed by atoms with Gasteiger partial charge in [-0.1, -0.05) is 6.92 Å². The minimum atomic E-state index is -0.285. The molecule has 1 rings (SSSR count). The Bertz CT molecular complexity index is 221. The van der Waals surface area contributed by atoms with E-state index in [1.807, 2.05) is 6.92 Å². The van der Waals surface area contributed by atoms with Crippen molar-refractivity contribution in [2.45, 2.75) is 51.7 Å². The first-order valence-corrected chi connectivity index (χ1v) is 6.32. The van der Waals surface area contributed by atoms with Crippen molar-refractivity contribution in [2.24, 2.45) is 5.92 Å². The molecule has 16 heavy (non-hydrogen) atoms. The number of nitrogens with one attached hydrogen (secondary N) is 2. The predicted octanol–water partition coefficient (Wildman–Crippen LogP) is 0.652. The van der Waals surface area contributed by atoms with Crippen LogP contribution in [0.4, 0.5) is 0 Å². The zero-order valence-corrected chi connectivity index (χ0v) is 10.3. The molecule has 1 heterocycles. The summed E-state index contributed by atoms with van der Waals surface area (Å²) >= 11 is 0. The Labute approximate surface area is 97.8 Å². The van der Waals surface area contributed by atoms with E-state index in [4.69, 9.17) is 0 Å². The van der Waals surface area contributed by atoms with Crippen molar-refractivity contribution in [3.8, 4) is 0 Å². The van der Waals surface area contributed by atoms with Crippen molar-refractivity contribution in [1.29, 1.82) is 0 Å². The summed E-state index contributed by atoms with van der Waals surface area (Å²) in [6.07, 6.45) is 2.96. The molecular weight excluding hydrogens is 204 g/mol. The number of aliphatic hydroxyl groups excluding tert-OH is 1. The molecule has 3 unspecified atom stereocenters. The molecule has 4 heteroatoms. The van der Waals surface area contributed by atoms with Crippen LogP contribution in [0.2, 0.25) is 0 Å². The van der Waals surface area contributed by atoms with E-state index in [1.54, 1.807) is 0 Å². The average molecular weight is 228 g/mol. The lowest BCUT2D eigenvalue weighted by atomic mass is 9.92. The number of carbonyl (C=O) groups is 1. The second-order valence-corrected chi connectivity index (χ2v) is 4.72. The summed E-state index contributed by atoms with van der Waals surface area (Å²) < 4.78 is 0. The Morgan fingerprint density at radius 1 is 1.62 bits per heavy atom. The SMILES string of the molecule is CCC(O)CCNC(=O)C1CCNC(C)C1. The van der Waals surface area contributed by atoms with Crippen LogP contribution in [0.15, 0.2) is 0 Å². The second-order valence-electron chi connectivity index (χ2n) is 4.72. The molecule has 1 aliphatic rings. The minimum absolute atomic E-state index is 0.148. The van der Waals surface area contributed by atoms with E-state index in [-0.39, 0.29) is 17.9 Å². The molecule has 0 aromatic heterocycles. The van der Waals surface area contributed by atoms with Crippen LogP contribution in [0.1, 0.15) is 39.5 Å². The number of hydrogen-bond acceptors (Lipinski definition) is 3. The molecule has 1 fully saturated rings. The zero-order chi connectivity index (χ0) is 12.0. The van der Waals surface area contributed by atoms with Crippen LogP contribution in [0.3, 0.4) is 0 Å². The molecule has 94 valence electrons. The summed E-state index contributed by atoms with van der Waals surface area (Å²) in [6, 6.07) is 0.436. The third-order valence-corrected chi connectivity index (χ3v) is 3.24.